The number of rotatable bonds is 13. The molecule has 6 amide bonds. The van der Waals surface area contributed by atoms with Crippen molar-refractivity contribution in [1.82, 2.24) is 31.1 Å². The normalized spacial score (nSPS) is 23.5. The summed E-state index contributed by atoms with van der Waals surface area (Å²) < 4.78 is 5.45. The van der Waals surface area contributed by atoms with Gasteiger partial charge in [0.1, 0.15) is 23.7 Å². The Bertz CT molecular complexity index is 1520. The summed E-state index contributed by atoms with van der Waals surface area (Å²) in [5.41, 5.74) is -0.942. The van der Waals surface area contributed by atoms with Crippen molar-refractivity contribution in [2.75, 3.05) is 20.6 Å². The van der Waals surface area contributed by atoms with Crippen LogP contribution in [-0.2, 0) is 33.5 Å². The highest BCUT2D eigenvalue weighted by atomic mass is 16.6. The van der Waals surface area contributed by atoms with Crippen LogP contribution in [0.4, 0.5) is 4.79 Å². The maximum Gasteiger partial charge on any atom is 0.408 e. The predicted octanol–water partition coefficient (Wildman–Crippen LogP) is 2.08. The van der Waals surface area contributed by atoms with Crippen LogP contribution in [0.5, 0.6) is 0 Å². The number of hydrogen-bond acceptors (Lipinski definition) is 8. The third kappa shape index (κ3) is 9.25. The first-order chi connectivity index (χ1) is 23.7. The first-order valence-electron chi connectivity index (χ1n) is 17.7. The summed E-state index contributed by atoms with van der Waals surface area (Å²) in [5.74, 6) is -3.49. The molecule has 1 aliphatic heterocycles. The van der Waals surface area contributed by atoms with Crippen LogP contribution in [0, 0.1) is 23.2 Å². The molecule has 1 heterocycles. The van der Waals surface area contributed by atoms with Crippen LogP contribution in [0.1, 0.15) is 85.8 Å². The lowest BCUT2D eigenvalue weighted by atomic mass is 9.85. The second-order valence-electron chi connectivity index (χ2n) is 16.2. The molecule has 0 radical (unpaired) electrons. The molecule has 280 valence electrons. The third-order valence-electron chi connectivity index (χ3n) is 9.78. The Balaban J connectivity index is 1.44. The zero-order valence-electron chi connectivity index (χ0n) is 31.2. The Hall–Kier alpha value is -4.49. The van der Waals surface area contributed by atoms with E-state index < -0.39 is 77.2 Å². The van der Waals surface area contributed by atoms with E-state index in [1.807, 2.05) is 27.7 Å². The third-order valence-corrected chi connectivity index (χ3v) is 9.78. The SMILES string of the molecule is CCCC(NC(=O)C1C2CC(C3CC32)N1C(=O)C(NC(=O)OC(C)(C)C)C(C)(C)C)C(=O)C(=O)NCC(=O)NC(C(=O)N(C)C)c1ccccc1. The Morgan fingerprint density at radius 1 is 0.882 bits per heavy atom. The van der Waals surface area contributed by atoms with Crippen molar-refractivity contribution < 1.29 is 38.3 Å². The van der Waals surface area contributed by atoms with Crippen LogP contribution in [-0.4, -0.2) is 102 Å². The smallest absolute Gasteiger partial charge is 0.408 e. The van der Waals surface area contributed by atoms with Gasteiger partial charge in [-0.05, 0) is 68.8 Å². The van der Waals surface area contributed by atoms with Crippen molar-refractivity contribution >= 4 is 41.4 Å². The number of fused-ring (bicyclic) bond motifs is 5. The molecule has 4 N–H and O–H groups in total. The maximum absolute atomic E-state index is 14.3. The number of nitrogens with one attached hydrogen (secondary N) is 4. The minimum atomic E-state index is -1.19. The minimum absolute atomic E-state index is 0.108. The van der Waals surface area contributed by atoms with Crippen LogP contribution in [0.3, 0.4) is 0 Å². The van der Waals surface area contributed by atoms with Gasteiger partial charge in [0, 0.05) is 20.1 Å². The zero-order valence-corrected chi connectivity index (χ0v) is 31.2. The first-order valence-corrected chi connectivity index (χ1v) is 17.7. The number of nitrogens with zero attached hydrogens (tertiary/aromatic N) is 2. The van der Waals surface area contributed by atoms with Crippen molar-refractivity contribution in [3.05, 3.63) is 35.9 Å². The van der Waals surface area contributed by atoms with E-state index in [0.29, 0.717) is 24.3 Å². The predicted molar refractivity (Wildman–Crippen MR) is 188 cm³/mol. The lowest BCUT2D eigenvalue weighted by Crippen LogP contribution is -2.62. The van der Waals surface area contributed by atoms with Crippen LogP contribution in [0.2, 0.25) is 0 Å². The van der Waals surface area contributed by atoms with Crippen molar-refractivity contribution in [1.29, 1.82) is 0 Å². The summed E-state index contributed by atoms with van der Waals surface area (Å²) in [5, 5.41) is 10.4. The van der Waals surface area contributed by atoms with Gasteiger partial charge in [-0.25, -0.2) is 4.79 Å². The van der Waals surface area contributed by atoms with Gasteiger partial charge < -0.3 is 35.8 Å². The second kappa shape index (κ2) is 15.4. The number of carbonyl (C=O) groups is 7. The summed E-state index contributed by atoms with van der Waals surface area (Å²) in [4.78, 5) is 96.2. The molecule has 8 atom stereocenters. The number of carbonyl (C=O) groups excluding carboxylic acids is 7. The monoisotopic (exact) mass is 710 g/mol. The van der Waals surface area contributed by atoms with E-state index in [1.165, 1.54) is 4.90 Å². The van der Waals surface area contributed by atoms with Crippen molar-refractivity contribution in [3.8, 4) is 0 Å². The fraction of sp³-hybridized carbons (Fsp3) is 0.649. The van der Waals surface area contributed by atoms with Gasteiger partial charge in [-0.2, -0.15) is 0 Å². The van der Waals surface area contributed by atoms with E-state index in [4.69, 9.17) is 4.74 Å². The van der Waals surface area contributed by atoms with Gasteiger partial charge >= 0.3 is 6.09 Å². The number of likely N-dealkylation sites (tertiary alicyclic amines) is 1. The summed E-state index contributed by atoms with van der Waals surface area (Å²) in [7, 11) is 3.12. The van der Waals surface area contributed by atoms with Crippen LogP contribution in [0.15, 0.2) is 30.3 Å². The molecule has 0 aromatic heterocycles. The molecule has 2 aliphatic carbocycles. The van der Waals surface area contributed by atoms with Crippen LogP contribution >= 0.6 is 0 Å². The highest BCUT2D eigenvalue weighted by Crippen LogP contribution is 2.63. The fourth-order valence-electron chi connectivity index (χ4n) is 7.36. The molecule has 4 rings (SSSR count). The Kier molecular flexibility index (Phi) is 11.9. The zero-order chi connectivity index (χ0) is 38.0. The van der Waals surface area contributed by atoms with E-state index in [-0.39, 0.29) is 30.2 Å². The van der Waals surface area contributed by atoms with E-state index in [2.05, 4.69) is 21.3 Å². The fourth-order valence-corrected chi connectivity index (χ4v) is 7.36. The van der Waals surface area contributed by atoms with E-state index in [0.717, 1.165) is 6.42 Å². The van der Waals surface area contributed by atoms with Gasteiger partial charge in [0.2, 0.25) is 29.4 Å². The maximum atomic E-state index is 14.3. The molecule has 3 fully saturated rings. The molecule has 1 saturated heterocycles. The molecule has 14 heteroatoms. The molecule has 14 nitrogen and oxygen atoms in total. The Morgan fingerprint density at radius 2 is 1.53 bits per heavy atom. The number of piperidine rings is 1. The van der Waals surface area contributed by atoms with E-state index >= 15 is 0 Å². The van der Waals surface area contributed by atoms with Crippen LogP contribution in [0.25, 0.3) is 0 Å². The standard InChI is InChI=1S/C37H54N6O8/c1-10-14-24(29(45)32(47)38-19-26(44)40-27(33(48)42(8)9)20-15-12-11-13-16-20)39-31(46)28-23-18-25(22-17-21(22)23)43(28)34(49)30(36(2,3)4)41-35(50)51-37(5,6)7/h11-13,15-16,21-25,27-28,30H,10,14,17-19H2,1-9H3,(H,38,47)(H,39,46)(H,40,44)(H,41,50). The lowest BCUT2D eigenvalue weighted by molar-refractivity contribution is -0.148. The van der Waals surface area contributed by atoms with Gasteiger partial charge in [0.25, 0.3) is 5.91 Å². The second-order valence-corrected chi connectivity index (χ2v) is 16.2. The largest absolute Gasteiger partial charge is 0.444 e. The first kappa shape index (κ1) is 39.3. The summed E-state index contributed by atoms with van der Waals surface area (Å²) in [6, 6.07) is 4.42. The van der Waals surface area contributed by atoms with E-state index in [9.17, 15) is 33.6 Å². The number of hydrogen-bond donors (Lipinski definition) is 4. The molecule has 1 aromatic carbocycles. The summed E-state index contributed by atoms with van der Waals surface area (Å²) in [6.45, 7) is 11.9. The average molecular weight is 711 g/mol. The van der Waals surface area contributed by atoms with E-state index in [1.54, 1.807) is 70.1 Å². The Labute approximate surface area is 300 Å². The van der Waals surface area contributed by atoms with Gasteiger partial charge in [0.05, 0.1) is 12.6 Å². The van der Waals surface area contributed by atoms with Crippen molar-refractivity contribution in [2.45, 2.75) is 110 Å². The molecule has 2 bridgehead atoms. The molecular formula is C37H54N6O8. The lowest BCUT2D eigenvalue weighted by Gasteiger charge is -2.40. The number of amides is 6. The Morgan fingerprint density at radius 3 is 2.10 bits per heavy atom. The highest BCUT2D eigenvalue weighted by molar-refractivity contribution is 6.38. The van der Waals surface area contributed by atoms with Crippen molar-refractivity contribution in [2.24, 2.45) is 23.2 Å². The summed E-state index contributed by atoms with van der Waals surface area (Å²) >= 11 is 0. The molecule has 0 spiro atoms. The highest BCUT2D eigenvalue weighted by Gasteiger charge is 2.68. The van der Waals surface area contributed by atoms with Crippen molar-refractivity contribution in [3.63, 3.8) is 0 Å². The average Bonchev–Trinajstić information content (AvgIpc) is 3.65. The van der Waals surface area contributed by atoms with Gasteiger partial charge in [0.15, 0.2) is 0 Å². The van der Waals surface area contributed by atoms with Gasteiger partial charge in [-0.3, -0.25) is 28.8 Å². The molecule has 2 saturated carbocycles. The summed E-state index contributed by atoms with van der Waals surface area (Å²) in [6.07, 6.45) is 1.42. The van der Waals surface area contributed by atoms with Crippen LogP contribution < -0.4 is 21.3 Å². The molecular weight excluding hydrogens is 656 g/mol. The molecule has 51 heavy (non-hydrogen) atoms. The molecule has 3 aliphatic rings. The topological polar surface area (TPSA) is 183 Å². The van der Waals surface area contributed by atoms with Gasteiger partial charge in [-0.1, -0.05) is 64.4 Å². The number of Topliss-reactive ketones (excluding diaryl/α,β-unsaturated/α-hetero) is 1. The molecule has 8 unspecified atom stereocenters. The number of ether oxygens (including phenoxy) is 1. The number of alkyl carbamates (subject to hydrolysis) is 1. The quantitative estimate of drug-likeness (QED) is 0.225. The number of likely N-dealkylation sites (N-methyl/N-ethyl adjacent to an activating group) is 1. The number of benzene rings is 1. The van der Waals surface area contributed by atoms with Gasteiger partial charge in [-0.15, -0.1) is 0 Å². The minimum Gasteiger partial charge on any atom is -0.444 e. The number of ketones is 1. The molecule has 1 aromatic rings.